The van der Waals surface area contributed by atoms with Gasteiger partial charge in [-0.15, -0.1) is 16.6 Å². The minimum Gasteiger partial charge on any atom is -0.492 e. The topological polar surface area (TPSA) is 113 Å². The van der Waals surface area contributed by atoms with Crippen molar-refractivity contribution in [3.05, 3.63) is 12.1 Å². The Morgan fingerprint density at radius 1 is 1.12 bits per heavy atom. The summed E-state index contributed by atoms with van der Waals surface area (Å²) in [6, 6.07) is 2.37. The van der Waals surface area contributed by atoms with Gasteiger partial charge < -0.3 is 25.7 Å². The van der Waals surface area contributed by atoms with E-state index in [0.29, 0.717) is 24.1 Å². The van der Waals surface area contributed by atoms with E-state index in [0.717, 1.165) is 19.3 Å². The lowest BCUT2D eigenvalue weighted by molar-refractivity contribution is -0.121. The molecule has 1 heterocycles. The van der Waals surface area contributed by atoms with Crippen molar-refractivity contribution in [1.29, 1.82) is 0 Å². The Labute approximate surface area is 140 Å². The highest BCUT2D eigenvalue weighted by molar-refractivity contribution is 5.75. The van der Waals surface area contributed by atoms with E-state index in [1.54, 1.807) is 6.92 Å². The van der Waals surface area contributed by atoms with E-state index < -0.39 is 6.09 Å². The molecule has 0 aliphatic carbocycles. The summed E-state index contributed by atoms with van der Waals surface area (Å²) in [7, 11) is 0. The fourth-order valence-electron chi connectivity index (χ4n) is 1.83. The molecule has 0 atom stereocenters. The van der Waals surface area contributed by atoms with Gasteiger partial charge in [-0.05, 0) is 26.2 Å². The first-order valence-corrected chi connectivity index (χ1v) is 7.76. The average Bonchev–Trinajstić information content (AvgIpc) is 2.86. The summed E-state index contributed by atoms with van der Waals surface area (Å²) in [6.45, 7) is 2.52. The van der Waals surface area contributed by atoms with Gasteiger partial charge in [-0.2, -0.15) is 0 Å². The van der Waals surface area contributed by atoms with Gasteiger partial charge in [-0.25, -0.2) is 4.79 Å². The van der Waals surface area contributed by atoms with Crippen molar-refractivity contribution in [3.63, 3.8) is 0 Å². The summed E-state index contributed by atoms with van der Waals surface area (Å²) in [5.74, 6) is 4.95. The number of nitrogens with one attached hydrogen (secondary N) is 2. The zero-order valence-corrected chi connectivity index (χ0v) is 13.7. The van der Waals surface area contributed by atoms with Gasteiger partial charge in [-0.3, -0.25) is 4.79 Å². The molecule has 0 unspecified atom stereocenters. The number of hydrogen-bond donors (Lipinski definition) is 4. The molecule has 0 radical (unpaired) electrons. The predicted molar refractivity (Wildman–Crippen MR) is 87.3 cm³/mol. The Morgan fingerprint density at radius 3 is 2.46 bits per heavy atom. The first-order chi connectivity index (χ1) is 11.5. The van der Waals surface area contributed by atoms with Crippen LogP contribution in [0.5, 0.6) is 11.8 Å². The minimum atomic E-state index is -0.819. The average molecular weight is 337 g/mol. The van der Waals surface area contributed by atoms with E-state index in [9.17, 15) is 19.8 Å². The molecule has 4 N–H and O–H groups in total. The molecule has 8 nitrogen and oxygen atoms in total. The smallest absolute Gasteiger partial charge is 0.432 e. The predicted octanol–water partition coefficient (Wildman–Crippen LogP) is 1.13. The maximum Gasteiger partial charge on any atom is 0.432 e. The first kappa shape index (κ1) is 19.2. The van der Waals surface area contributed by atoms with Crippen molar-refractivity contribution in [2.75, 3.05) is 13.1 Å². The van der Waals surface area contributed by atoms with Crippen LogP contribution in [0.25, 0.3) is 0 Å². The van der Waals surface area contributed by atoms with Crippen molar-refractivity contribution in [2.45, 2.75) is 39.0 Å². The maximum absolute atomic E-state index is 11.5. The van der Waals surface area contributed by atoms with Crippen LogP contribution in [-0.2, 0) is 4.79 Å². The normalized spacial score (nSPS) is 9.71. The number of nitrogens with zero attached hydrogens (tertiary/aromatic N) is 1. The standard InChI is InChI=1S/C16H23N3O5/c1-2-3-4-5-6-8-13(20)17-11-7-12-18-16(23)24-19-14(21)9-10-15(19)22/h9-10,21-22H,4-8,11-12H2,1H3,(H,17,20)(H,18,23). The molecule has 1 rings (SSSR count). The molecule has 1 aromatic rings. The molecule has 24 heavy (non-hydrogen) atoms. The molecule has 0 aliphatic rings. The van der Waals surface area contributed by atoms with Gasteiger partial charge in [0, 0.05) is 38.1 Å². The molecular weight excluding hydrogens is 314 g/mol. The number of carbonyl (C=O) groups excluding carboxylic acids is 2. The largest absolute Gasteiger partial charge is 0.492 e. The number of rotatable bonds is 9. The molecule has 1 aromatic heterocycles. The van der Waals surface area contributed by atoms with Crippen LogP contribution in [0.4, 0.5) is 4.79 Å². The van der Waals surface area contributed by atoms with Crippen molar-refractivity contribution in [1.82, 2.24) is 15.4 Å². The molecular formula is C16H23N3O5. The molecule has 132 valence electrons. The lowest BCUT2D eigenvalue weighted by Crippen LogP contribution is -2.34. The van der Waals surface area contributed by atoms with Gasteiger partial charge in [0.1, 0.15) is 0 Å². The van der Waals surface area contributed by atoms with Crippen LogP contribution < -0.4 is 15.5 Å². The summed E-state index contributed by atoms with van der Waals surface area (Å²) in [6.07, 6.45) is 2.69. The lowest BCUT2D eigenvalue weighted by Gasteiger charge is -2.08. The molecule has 0 fully saturated rings. The number of aromatic hydroxyl groups is 2. The third-order valence-electron chi connectivity index (χ3n) is 3.05. The number of hydrogen-bond acceptors (Lipinski definition) is 5. The van der Waals surface area contributed by atoms with Crippen molar-refractivity contribution in [2.24, 2.45) is 0 Å². The van der Waals surface area contributed by atoms with E-state index in [1.165, 1.54) is 12.1 Å². The van der Waals surface area contributed by atoms with Gasteiger partial charge >= 0.3 is 6.09 Å². The zero-order chi connectivity index (χ0) is 17.8. The van der Waals surface area contributed by atoms with Crippen LogP contribution >= 0.6 is 0 Å². The highest BCUT2D eigenvalue weighted by atomic mass is 16.7. The first-order valence-electron chi connectivity index (χ1n) is 7.76. The molecule has 0 bridgehead atoms. The Kier molecular flexibility index (Phi) is 8.68. The Hall–Kier alpha value is -2.82. The lowest BCUT2D eigenvalue weighted by atomic mass is 10.2. The molecule has 0 saturated carbocycles. The summed E-state index contributed by atoms with van der Waals surface area (Å²) < 4.78 is 0.597. The number of unbranched alkanes of at least 4 members (excludes halogenated alkanes) is 2. The fourth-order valence-corrected chi connectivity index (χ4v) is 1.83. The quantitative estimate of drug-likeness (QED) is 0.398. The van der Waals surface area contributed by atoms with Crippen molar-refractivity contribution >= 4 is 12.0 Å². The Bertz CT molecular complexity index is 581. The SMILES string of the molecule is CC#CCCCCC(=O)NCCCNC(=O)On1c(O)ccc1O. The van der Waals surface area contributed by atoms with E-state index in [4.69, 9.17) is 4.84 Å². The number of aromatic nitrogens is 1. The van der Waals surface area contributed by atoms with Gasteiger partial charge in [0.2, 0.25) is 17.7 Å². The summed E-state index contributed by atoms with van der Waals surface area (Å²) >= 11 is 0. The third-order valence-corrected chi connectivity index (χ3v) is 3.05. The van der Waals surface area contributed by atoms with Crippen molar-refractivity contribution < 1.29 is 24.6 Å². The maximum atomic E-state index is 11.5. The molecule has 0 aromatic carbocycles. The van der Waals surface area contributed by atoms with Crippen LogP contribution in [0.2, 0.25) is 0 Å². The van der Waals surface area contributed by atoms with E-state index in [1.807, 2.05) is 0 Å². The summed E-state index contributed by atoms with van der Waals surface area (Å²) in [5.41, 5.74) is 0. The zero-order valence-electron chi connectivity index (χ0n) is 13.7. The second-order valence-corrected chi connectivity index (χ2v) is 4.99. The van der Waals surface area contributed by atoms with Gasteiger partial charge in [-0.1, -0.05) is 0 Å². The Morgan fingerprint density at radius 2 is 1.79 bits per heavy atom. The fraction of sp³-hybridized carbons (Fsp3) is 0.500. The van der Waals surface area contributed by atoms with Crippen LogP contribution in [0, 0.1) is 11.8 Å². The molecule has 0 saturated heterocycles. The van der Waals surface area contributed by atoms with Crippen LogP contribution in [0.15, 0.2) is 12.1 Å². The Balaban J connectivity index is 2.06. The monoisotopic (exact) mass is 337 g/mol. The van der Waals surface area contributed by atoms with Gasteiger partial charge in [0.05, 0.1) is 0 Å². The second-order valence-electron chi connectivity index (χ2n) is 4.99. The molecule has 0 spiro atoms. The van der Waals surface area contributed by atoms with E-state index in [-0.39, 0.29) is 24.2 Å². The molecule has 8 heteroatoms. The van der Waals surface area contributed by atoms with Crippen LogP contribution in [0.1, 0.15) is 39.0 Å². The molecule has 0 aliphatic heterocycles. The van der Waals surface area contributed by atoms with Crippen LogP contribution in [0.3, 0.4) is 0 Å². The highest BCUT2D eigenvalue weighted by Crippen LogP contribution is 2.18. The summed E-state index contributed by atoms with van der Waals surface area (Å²) in [4.78, 5) is 27.7. The van der Waals surface area contributed by atoms with Gasteiger partial charge in [0.25, 0.3) is 0 Å². The van der Waals surface area contributed by atoms with E-state index >= 15 is 0 Å². The van der Waals surface area contributed by atoms with Gasteiger partial charge in [0.15, 0.2) is 0 Å². The van der Waals surface area contributed by atoms with E-state index in [2.05, 4.69) is 22.5 Å². The van der Waals surface area contributed by atoms with Crippen molar-refractivity contribution in [3.8, 4) is 23.6 Å². The second kappa shape index (κ2) is 10.8. The highest BCUT2D eigenvalue weighted by Gasteiger charge is 2.11. The summed E-state index contributed by atoms with van der Waals surface area (Å²) in [5, 5.41) is 23.8. The van der Waals surface area contributed by atoms with Crippen LogP contribution in [-0.4, -0.2) is 40.0 Å². The number of carbonyl (C=O) groups is 2. The molecule has 2 amide bonds. The third kappa shape index (κ3) is 7.45. The number of amides is 2. The minimum absolute atomic E-state index is 0.0239.